The molecular formula is C11H17N3O. The Bertz CT molecular complexity index is 295. The molecule has 3 unspecified atom stereocenters. The second kappa shape index (κ2) is 4.54. The zero-order valence-electron chi connectivity index (χ0n) is 8.99. The number of nitrogens with one attached hydrogen (secondary N) is 2. The van der Waals surface area contributed by atoms with Crippen molar-refractivity contribution in [3.05, 3.63) is 0 Å². The Labute approximate surface area is 90.5 Å². The first-order chi connectivity index (χ1) is 7.33. The van der Waals surface area contributed by atoms with Crippen LogP contribution in [0.15, 0.2) is 4.99 Å². The smallest absolute Gasteiger partial charge is 0.192 e. The van der Waals surface area contributed by atoms with Gasteiger partial charge in [0.15, 0.2) is 5.96 Å². The minimum Gasteiger partial charge on any atom is -0.373 e. The summed E-state index contributed by atoms with van der Waals surface area (Å²) in [5, 5.41) is 6.40. The summed E-state index contributed by atoms with van der Waals surface area (Å²) in [5.74, 6) is 3.30. The summed E-state index contributed by atoms with van der Waals surface area (Å²) in [6.45, 7) is 0.501. The van der Waals surface area contributed by atoms with E-state index in [4.69, 9.17) is 11.2 Å². The average molecular weight is 207 g/mol. The highest BCUT2D eigenvalue weighted by Crippen LogP contribution is 2.34. The molecule has 2 rings (SSSR count). The third kappa shape index (κ3) is 2.24. The van der Waals surface area contributed by atoms with E-state index in [1.807, 2.05) is 0 Å². The Hall–Kier alpha value is -1.21. The van der Waals surface area contributed by atoms with Gasteiger partial charge in [-0.1, -0.05) is 5.92 Å². The molecule has 2 fully saturated rings. The zero-order chi connectivity index (χ0) is 10.7. The molecule has 82 valence electrons. The normalized spacial score (nSPS) is 33.9. The number of hydrogen-bond donors (Lipinski definition) is 2. The van der Waals surface area contributed by atoms with E-state index in [1.165, 1.54) is 6.42 Å². The summed E-state index contributed by atoms with van der Waals surface area (Å²) in [4.78, 5) is 4.12. The summed E-state index contributed by atoms with van der Waals surface area (Å²) in [5.41, 5.74) is 0. The van der Waals surface area contributed by atoms with Crippen LogP contribution in [0, 0.1) is 12.3 Å². The van der Waals surface area contributed by atoms with Crippen LogP contribution in [0.25, 0.3) is 0 Å². The topological polar surface area (TPSA) is 45.7 Å². The van der Waals surface area contributed by atoms with E-state index >= 15 is 0 Å². The lowest BCUT2D eigenvalue weighted by Gasteiger charge is -2.22. The van der Waals surface area contributed by atoms with Gasteiger partial charge in [-0.3, -0.25) is 4.99 Å². The Balaban J connectivity index is 1.83. The fraction of sp³-hybridized carbons (Fsp3) is 0.727. The average Bonchev–Trinajstić information content (AvgIpc) is 2.85. The van der Waals surface area contributed by atoms with Crippen molar-refractivity contribution in [3.63, 3.8) is 0 Å². The summed E-state index contributed by atoms with van der Waals surface area (Å²) in [7, 11) is 1.75. The fourth-order valence-corrected chi connectivity index (χ4v) is 2.29. The van der Waals surface area contributed by atoms with E-state index in [1.54, 1.807) is 7.05 Å². The highest BCUT2D eigenvalue weighted by Gasteiger charge is 2.40. The number of fused-ring (bicyclic) bond motifs is 2. The van der Waals surface area contributed by atoms with Gasteiger partial charge in [0.1, 0.15) is 0 Å². The molecule has 4 nitrogen and oxygen atoms in total. The predicted molar refractivity (Wildman–Crippen MR) is 59.6 cm³/mol. The van der Waals surface area contributed by atoms with Crippen molar-refractivity contribution >= 4 is 5.96 Å². The SMILES string of the molecule is C#CCNC(=NC)NC1CC2CCC1O2. The lowest BCUT2D eigenvalue weighted by Crippen LogP contribution is -2.47. The van der Waals surface area contributed by atoms with Crippen molar-refractivity contribution in [2.24, 2.45) is 4.99 Å². The monoisotopic (exact) mass is 207 g/mol. The van der Waals surface area contributed by atoms with Crippen LogP contribution in [0.4, 0.5) is 0 Å². The van der Waals surface area contributed by atoms with Gasteiger partial charge in [-0.15, -0.1) is 6.42 Å². The van der Waals surface area contributed by atoms with E-state index < -0.39 is 0 Å². The number of guanidine groups is 1. The summed E-state index contributed by atoms with van der Waals surface area (Å²) in [6, 6.07) is 0.396. The van der Waals surface area contributed by atoms with Gasteiger partial charge in [0.25, 0.3) is 0 Å². The molecule has 2 aliphatic rings. The quantitative estimate of drug-likeness (QED) is 0.383. The molecule has 2 saturated heterocycles. The summed E-state index contributed by atoms with van der Waals surface area (Å²) >= 11 is 0. The molecule has 0 aromatic carbocycles. The molecule has 4 heteroatoms. The third-order valence-electron chi connectivity index (χ3n) is 3.01. The first-order valence-corrected chi connectivity index (χ1v) is 5.39. The molecule has 0 spiro atoms. The molecule has 0 aromatic heterocycles. The molecule has 0 aliphatic carbocycles. The van der Waals surface area contributed by atoms with E-state index in [-0.39, 0.29) is 0 Å². The van der Waals surface area contributed by atoms with Gasteiger partial charge in [-0.2, -0.15) is 0 Å². The molecule has 3 atom stereocenters. The minimum absolute atomic E-state index is 0.361. The van der Waals surface area contributed by atoms with Crippen molar-refractivity contribution in [1.29, 1.82) is 0 Å². The largest absolute Gasteiger partial charge is 0.373 e. The van der Waals surface area contributed by atoms with Crippen molar-refractivity contribution in [2.45, 2.75) is 37.5 Å². The van der Waals surface area contributed by atoms with Gasteiger partial charge >= 0.3 is 0 Å². The van der Waals surface area contributed by atoms with Crippen molar-refractivity contribution < 1.29 is 4.74 Å². The van der Waals surface area contributed by atoms with Gasteiger partial charge in [0.2, 0.25) is 0 Å². The van der Waals surface area contributed by atoms with Crippen LogP contribution < -0.4 is 10.6 Å². The van der Waals surface area contributed by atoms with Crippen molar-refractivity contribution in [3.8, 4) is 12.3 Å². The maximum atomic E-state index is 5.75. The molecule has 0 radical (unpaired) electrons. The molecule has 2 heterocycles. The van der Waals surface area contributed by atoms with E-state index in [0.29, 0.717) is 24.8 Å². The lowest BCUT2D eigenvalue weighted by atomic mass is 9.96. The van der Waals surface area contributed by atoms with Crippen LogP contribution in [-0.2, 0) is 4.74 Å². The zero-order valence-corrected chi connectivity index (χ0v) is 8.99. The predicted octanol–water partition coefficient (Wildman–Crippen LogP) is 0.105. The number of hydrogen-bond acceptors (Lipinski definition) is 2. The van der Waals surface area contributed by atoms with Crippen molar-refractivity contribution in [1.82, 2.24) is 10.6 Å². The maximum absolute atomic E-state index is 5.75. The summed E-state index contributed by atoms with van der Waals surface area (Å²) in [6.07, 6.45) is 9.45. The van der Waals surface area contributed by atoms with Crippen LogP contribution in [0.3, 0.4) is 0 Å². The minimum atomic E-state index is 0.361. The Morgan fingerprint density at radius 2 is 2.47 bits per heavy atom. The molecule has 2 N–H and O–H groups in total. The Morgan fingerprint density at radius 1 is 1.60 bits per heavy atom. The molecule has 2 aliphatic heterocycles. The second-order valence-corrected chi connectivity index (χ2v) is 3.99. The van der Waals surface area contributed by atoms with Gasteiger partial charge in [-0.25, -0.2) is 0 Å². The van der Waals surface area contributed by atoms with Gasteiger partial charge in [-0.05, 0) is 19.3 Å². The third-order valence-corrected chi connectivity index (χ3v) is 3.01. The van der Waals surface area contributed by atoms with Crippen LogP contribution in [0.5, 0.6) is 0 Å². The Kier molecular flexibility index (Phi) is 3.12. The van der Waals surface area contributed by atoms with Crippen LogP contribution >= 0.6 is 0 Å². The van der Waals surface area contributed by atoms with Crippen molar-refractivity contribution in [2.75, 3.05) is 13.6 Å². The van der Waals surface area contributed by atoms with Crippen LogP contribution in [-0.4, -0.2) is 37.8 Å². The molecular weight excluding hydrogens is 190 g/mol. The van der Waals surface area contributed by atoms with Crippen LogP contribution in [0.2, 0.25) is 0 Å². The summed E-state index contributed by atoms with van der Waals surface area (Å²) < 4.78 is 5.75. The highest BCUT2D eigenvalue weighted by molar-refractivity contribution is 5.80. The van der Waals surface area contributed by atoms with E-state index in [9.17, 15) is 0 Å². The first kappa shape index (κ1) is 10.3. The lowest BCUT2D eigenvalue weighted by molar-refractivity contribution is 0.0992. The molecule has 0 saturated carbocycles. The number of ether oxygens (including phenoxy) is 1. The molecule has 0 aromatic rings. The second-order valence-electron chi connectivity index (χ2n) is 3.99. The van der Waals surface area contributed by atoms with Gasteiger partial charge < -0.3 is 15.4 Å². The van der Waals surface area contributed by atoms with E-state index in [0.717, 1.165) is 18.8 Å². The van der Waals surface area contributed by atoms with Crippen LogP contribution in [0.1, 0.15) is 19.3 Å². The molecule has 0 amide bonds. The fourth-order valence-electron chi connectivity index (χ4n) is 2.29. The number of rotatable bonds is 2. The number of terminal acetylenes is 1. The Morgan fingerprint density at radius 3 is 3.00 bits per heavy atom. The van der Waals surface area contributed by atoms with E-state index in [2.05, 4.69) is 21.5 Å². The number of aliphatic imine (C=N–C) groups is 1. The van der Waals surface area contributed by atoms with Gasteiger partial charge in [0.05, 0.1) is 24.8 Å². The number of nitrogens with zero attached hydrogens (tertiary/aromatic N) is 1. The van der Waals surface area contributed by atoms with Gasteiger partial charge in [0, 0.05) is 7.05 Å². The first-order valence-electron chi connectivity index (χ1n) is 5.39. The molecule has 15 heavy (non-hydrogen) atoms. The maximum Gasteiger partial charge on any atom is 0.192 e. The highest BCUT2D eigenvalue weighted by atomic mass is 16.5. The standard InChI is InChI=1S/C11H17N3O/c1-3-6-13-11(12-2)14-9-7-8-4-5-10(9)15-8/h1,8-10H,4-7H2,2H3,(H2,12,13,14). The molecule has 2 bridgehead atoms.